The van der Waals surface area contributed by atoms with E-state index in [9.17, 15) is 4.39 Å². The largest absolute Gasteiger partial charge is 0.308 e. The number of nitrogens with one attached hydrogen (secondary N) is 1. The number of benzene rings is 1. The van der Waals surface area contributed by atoms with Crippen LogP contribution in [0.2, 0.25) is 0 Å². The number of hydrogen-bond donors (Lipinski definition) is 1. The second kappa shape index (κ2) is 6.00. The van der Waals surface area contributed by atoms with Gasteiger partial charge in [-0.3, -0.25) is 0 Å². The predicted molar refractivity (Wildman–Crippen MR) is 56.5 cm³/mol. The lowest BCUT2D eigenvalue weighted by atomic mass is 10.1. The fourth-order valence-corrected chi connectivity index (χ4v) is 1.45. The standard InChI is InChI=1S/C10H14FNS/c1-13-8-12-7-6-9-4-2-3-5-10(9)11/h2-5,12H,6-8H2,1H3. The Balaban J connectivity index is 2.32. The molecule has 0 aromatic heterocycles. The molecule has 0 unspecified atom stereocenters. The highest BCUT2D eigenvalue weighted by Gasteiger charge is 1.98. The minimum Gasteiger partial charge on any atom is -0.308 e. The van der Waals surface area contributed by atoms with Gasteiger partial charge in [0.05, 0.1) is 0 Å². The first-order valence-corrected chi connectivity index (χ1v) is 5.67. The van der Waals surface area contributed by atoms with Gasteiger partial charge in [0.15, 0.2) is 0 Å². The molecule has 13 heavy (non-hydrogen) atoms. The molecule has 0 spiro atoms. The minimum absolute atomic E-state index is 0.103. The smallest absolute Gasteiger partial charge is 0.126 e. The van der Waals surface area contributed by atoms with Gasteiger partial charge < -0.3 is 5.32 Å². The molecule has 0 heterocycles. The highest BCUT2D eigenvalue weighted by molar-refractivity contribution is 7.98. The first-order chi connectivity index (χ1) is 6.34. The van der Waals surface area contributed by atoms with Crippen LogP contribution in [0.3, 0.4) is 0 Å². The van der Waals surface area contributed by atoms with E-state index in [2.05, 4.69) is 5.32 Å². The first kappa shape index (κ1) is 10.5. The predicted octanol–water partition coefficient (Wildman–Crippen LogP) is 2.28. The average molecular weight is 199 g/mol. The Bertz CT molecular complexity index is 252. The Kier molecular flexibility index (Phi) is 4.86. The van der Waals surface area contributed by atoms with Gasteiger partial charge >= 0.3 is 0 Å². The number of hydrogen-bond acceptors (Lipinski definition) is 2. The lowest BCUT2D eigenvalue weighted by molar-refractivity contribution is 0.604. The van der Waals surface area contributed by atoms with E-state index in [1.807, 2.05) is 18.4 Å². The van der Waals surface area contributed by atoms with E-state index in [0.717, 1.165) is 24.4 Å². The third-order valence-corrected chi connectivity index (χ3v) is 2.27. The molecule has 0 saturated heterocycles. The van der Waals surface area contributed by atoms with Crippen LogP contribution in [0.15, 0.2) is 24.3 Å². The second-order valence-corrected chi connectivity index (χ2v) is 3.64. The molecular weight excluding hydrogens is 185 g/mol. The van der Waals surface area contributed by atoms with E-state index >= 15 is 0 Å². The van der Waals surface area contributed by atoms with Crippen molar-refractivity contribution in [2.24, 2.45) is 0 Å². The summed E-state index contributed by atoms with van der Waals surface area (Å²) in [6, 6.07) is 6.92. The fraction of sp³-hybridized carbons (Fsp3) is 0.400. The molecule has 1 N–H and O–H groups in total. The van der Waals surface area contributed by atoms with Gasteiger partial charge in [0, 0.05) is 12.4 Å². The van der Waals surface area contributed by atoms with Gasteiger partial charge in [-0.1, -0.05) is 18.2 Å². The molecule has 1 nitrogen and oxygen atoms in total. The van der Waals surface area contributed by atoms with E-state index in [-0.39, 0.29) is 5.82 Å². The number of halogens is 1. The molecule has 72 valence electrons. The second-order valence-electron chi connectivity index (χ2n) is 2.77. The maximum absolute atomic E-state index is 13.1. The van der Waals surface area contributed by atoms with Gasteiger partial charge in [-0.25, -0.2) is 4.39 Å². The normalized spacial score (nSPS) is 10.3. The molecule has 1 aromatic carbocycles. The van der Waals surface area contributed by atoms with Crippen LogP contribution in [0.25, 0.3) is 0 Å². The summed E-state index contributed by atoms with van der Waals surface area (Å²) in [6.07, 6.45) is 2.79. The third-order valence-electron chi connectivity index (χ3n) is 1.78. The van der Waals surface area contributed by atoms with Crippen molar-refractivity contribution < 1.29 is 4.39 Å². The molecule has 1 aromatic rings. The molecule has 1 rings (SSSR count). The first-order valence-electron chi connectivity index (χ1n) is 4.27. The highest BCUT2D eigenvalue weighted by Crippen LogP contribution is 2.06. The van der Waals surface area contributed by atoms with E-state index in [4.69, 9.17) is 0 Å². The molecule has 0 atom stereocenters. The Morgan fingerprint density at radius 2 is 2.15 bits per heavy atom. The van der Waals surface area contributed by atoms with Crippen LogP contribution in [-0.4, -0.2) is 18.7 Å². The van der Waals surface area contributed by atoms with Crippen LogP contribution < -0.4 is 5.32 Å². The zero-order valence-electron chi connectivity index (χ0n) is 7.72. The van der Waals surface area contributed by atoms with Crippen LogP contribution in [-0.2, 0) is 6.42 Å². The minimum atomic E-state index is -0.103. The molecule has 3 heteroatoms. The van der Waals surface area contributed by atoms with Crippen LogP contribution >= 0.6 is 11.8 Å². The summed E-state index contributed by atoms with van der Waals surface area (Å²) >= 11 is 1.74. The summed E-state index contributed by atoms with van der Waals surface area (Å²) in [7, 11) is 0. The van der Waals surface area contributed by atoms with Crippen LogP contribution in [0, 0.1) is 5.82 Å². The lowest BCUT2D eigenvalue weighted by Gasteiger charge is -2.03. The molecule has 0 aliphatic carbocycles. The summed E-state index contributed by atoms with van der Waals surface area (Å²) in [5.41, 5.74) is 0.788. The number of thioether (sulfide) groups is 1. The monoisotopic (exact) mass is 199 g/mol. The topological polar surface area (TPSA) is 12.0 Å². The lowest BCUT2D eigenvalue weighted by Crippen LogP contribution is -2.16. The third kappa shape index (κ3) is 3.79. The summed E-state index contributed by atoms with van der Waals surface area (Å²) in [5.74, 6) is 0.822. The van der Waals surface area contributed by atoms with Crippen molar-refractivity contribution in [1.82, 2.24) is 5.32 Å². The van der Waals surface area contributed by atoms with E-state index < -0.39 is 0 Å². The Morgan fingerprint density at radius 3 is 2.85 bits per heavy atom. The molecule has 0 aliphatic rings. The maximum Gasteiger partial charge on any atom is 0.126 e. The molecular formula is C10H14FNS. The molecule has 0 saturated carbocycles. The highest BCUT2D eigenvalue weighted by atomic mass is 32.2. The summed E-state index contributed by atoms with van der Waals surface area (Å²) < 4.78 is 13.1. The zero-order valence-corrected chi connectivity index (χ0v) is 8.53. The Labute approximate surface area is 82.7 Å². The molecule has 0 bridgehead atoms. The Morgan fingerprint density at radius 1 is 1.38 bits per heavy atom. The van der Waals surface area contributed by atoms with Crippen molar-refractivity contribution in [2.45, 2.75) is 6.42 Å². The van der Waals surface area contributed by atoms with Crippen molar-refractivity contribution in [3.63, 3.8) is 0 Å². The van der Waals surface area contributed by atoms with Crippen LogP contribution in [0.4, 0.5) is 4.39 Å². The van der Waals surface area contributed by atoms with E-state index in [1.54, 1.807) is 17.8 Å². The summed E-state index contributed by atoms with van der Waals surface area (Å²) in [5, 5.41) is 3.21. The quantitative estimate of drug-likeness (QED) is 0.577. The van der Waals surface area contributed by atoms with Crippen molar-refractivity contribution in [3.8, 4) is 0 Å². The van der Waals surface area contributed by atoms with E-state index in [0.29, 0.717) is 0 Å². The summed E-state index contributed by atoms with van der Waals surface area (Å²) in [4.78, 5) is 0. The zero-order chi connectivity index (χ0) is 9.52. The van der Waals surface area contributed by atoms with Gasteiger partial charge in [0.2, 0.25) is 0 Å². The van der Waals surface area contributed by atoms with Gasteiger partial charge in [-0.15, -0.1) is 11.8 Å². The van der Waals surface area contributed by atoms with Crippen molar-refractivity contribution in [1.29, 1.82) is 0 Å². The summed E-state index contributed by atoms with van der Waals surface area (Å²) in [6.45, 7) is 0.835. The van der Waals surface area contributed by atoms with E-state index in [1.165, 1.54) is 6.07 Å². The molecule has 0 radical (unpaired) electrons. The Hall–Kier alpha value is -0.540. The van der Waals surface area contributed by atoms with Gasteiger partial charge in [0.25, 0.3) is 0 Å². The van der Waals surface area contributed by atoms with Gasteiger partial charge in [0.1, 0.15) is 5.82 Å². The van der Waals surface area contributed by atoms with Gasteiger partial charge in [-0.05, 0) is 24.3 Å². The SMILES string of the molecule is CSCNCCc1ccccc1F. The molecule has 0 fully saturated rings. The maximum atomic E-state index is 13.1. The molecule has 0 amide bonds. The molecule has 0 aliphatic heterocycles. The van der Waals surface area contributed by atoms with Crippen molar-refractivity contribution in [3.05, 3.63) is 35.6 Å². The van der Waals surface area contributed by atoms with Crippen molar-refractivity contribution in [2.75, 3.05) is 18.7 Å². The fourth-order valence-electron chi connectivity index (χ4n) is 1.10. The van der Waals surface area contributed by atoms with Crippen molar-refractivity contribution >= 4 is 11.8 Å². The number of rotatable bonds is 5. The van der Waals surface area contributed by atoms with Crippen LogP contribution in [0.5, 0.6) is 0 Å². The van der Waals surface area contributed by atoms with Crippen LogP contribution in [0.1, 0.15) is 5.56 Å². The van der Waals surface area contributed by atoms with Gasteiger partial charge in [-0.2, -0.15) is 0 Å². The average Bonchev–Trinajstić information content (AvgIpc) is 2.15.